The molecule has 5 heterocycles. The average molecular weight is 2110 g/mol. The van der Waals surface area contributed by atoms with Crippen molar-refractivity contribution < 1.29 is 130 Å². The molecule has 0 spiro atoms. The van der Waals surface area contributed by atoms with E-state index < -0.39 is 86.3 Å². The molecule has 18 bridgehead atoms. The summed E-state index contributed by atoms with van der Waals surface area (Å²) in [7, 11) is 0. The van der Waals surface area contributed by atoms with Gasteiger partial charge in [0.2, 0.25) is 0 Å². The SMILES string of the molecule is CCC(C)(C)C(=O)OC1(CC)CC2CC1C1C3CCC(C3)C21.CCC(C)(C)C(=O)OC12CC3CC(CC(O)(C3)C1)C2.CCC(C)(C)C(=O)OC12CC3CC(CC(O)(C3)C1)C2.CCC(C)(C)C(=O)OC1C2CC3C(=O)OC1C3C2.CCC(C)(C)C(=O)OC1C2CC3C(=O)OC1C3O2.CCC(C)(C)C(=O)OCC(O)OC1C2CC3C1OC(=O)C3(C#N)C2.CCC1(OC(=O)C(C)(C)CC)CCCC1.CCC1(OC(=O)C(C)(C)CC)CCCC1. The number of rotatable bonds is 30. The third-order valence-corrected chi connectivity index (χ3v) is 42.9. The highest BCUT2D eigenvalue weighted by molar-refractivity contribution is 5.85. The number of aliphatic hydroxyl groups excluding tert-OH is 1. The Labute approximate surface area is 896 Å². The van der Waals surface area contributed by atoms with Crippen molar-refractivity contribution in [3.63, 3.8) is 0 Å². The molecule has 0 aromatic rings. The molecular weight excluding hydrogens is 1910 g/mol. The van der Waals surface area contributed by atoms with Crippen molar-refractivity contribution in [1.29, 1.82) is 5.26 Å². The molecule has 27 unspecified atom stereocenters. The van der Waals surface area contributed by atoms with E-state index in [4.69, 9.17) is 61.6 Å². The predicted molar refractivity (Wildman–Crippen MR) is 560 cm³/mol. The summed E-state index contributed by atoms with van der Waals surface area (Å²) in [5.41, 5.74) is -6.64. The highest BCUT2D eigenvalue weighted by Gasteiger charge is 2.74. The van der Waals surface area contributed by atoms with Crippen LogP contribution in [0.25, 0.3) is 0 Å². The van der Waals surface area contributed by atoms with Crippen LogP contribution in [0.4, 0.5) is 0 Å². The first kappa shape index (κ1) is 119. The third kappa shape index (κ3) is 23.8. The molecule has 5 saturated heterocycles. The number of fused-ring (bicyclic) bond motifs is 12. The van der Waals surface area contributed by atoms with E-state index in [0.717, 1.165) is 184 Å². The summed E-state index contributed by atoms with van der Waals surface area (Å²) >= 11 is 0. The fraction of sp³-hybridized carbons (Fsp3) is 0.902. The molecule has 150 heavy (non-hydrogen) atoms. The topological polar surface area (TPSA) is 392 Å². The van der Waals surface area contributed by atoms with E-state index in [9.17, 15) is 73.3 Å². The summed E-state index contributed by atoms with van der Waals surface area (Å²) < 4.78 is 73.4. The number of aliphatic hydroxyl groups is 3. The minimum absolute atomic E-state index is 0.00327. The molecule has 18 aliphatic carbocycles. The molecule has 28 heteroatoms. The molecular formula is C122H193NO27. The summed E-state index contributed by atoms with van der Waals surface area (Å²) in [5, 5.41) is 40.7. The van der Waals surface area contributed by atoms with Gasteiger partial charge in [-0.1, -0.05) is 76.2 Å². The minimum atomic E-state index is -1.28. The zero-order valence-electron chi connectivity index (χ0n) is 96.7. The van der Waals surface area contributed by atoms with Gasteiger partial charge < -0.3 is 76.9 Å². The molecule has 0 aromatic heterocycles. The van der Waals surface area contributed by atoms with Gasteiger partial charge in [-0.05, 0) is 420 Å². The van der Waals surface area contributed by atoms with Gasteiger partial charge in [0.05, 0.1) is 78.5 Å². The zero-order chi connectivity index (χ0) is 110. The van der Waals surface area contributed by atoms with Crippen LogP contribution in [0.2, 0.25) is 0 Å². The van der Waals surface area contributed by atoms with Crippen molar-refractivity contribution in [3.05, 3.63) is 0 Å². The quantitative estimate of drug-likeness (QED) is 0.0260. The van der Waals surface area contributed by atoms with Crippen LogP contribution in [0, 0.1) is 155 Å². The highest BCUT2D eigenvalue weighted by atomic mass is 16.7. The van der Waals surface area contributed by atoms with Gasteiger partial charge in [-0.25, -0.2) is 0 Å². The van der Waals surface area contributed by atoms with Crippen molar-refractivity contribution in [2.75, 3.05) is 6.61 Å². The minimum Gasteiger partial charge on any atom is -0.460 e. The van der Waals surface area contributed by atoms with Crippen LogP contribution in [0.1, 0.15) is 450 Å². The number of ether oxygens (including phenoxy) is 13. The third-order valence-electron chi connectivity index (χ3n) is 42.9. The van der Waals surface area contributed by atoms with E-state index in [2.05, 4.69) is 33.8 Å². The van der Waals surface area contributed by atoms with Crippen LogP contribution in [-0.4, -0.2) is 182 Å². The Kier molecular flexibility index (Phi) is 35.2. The fourth-order valence-electron chi connectivity index (χ4n) is 30.6. The van der Waals surface area contributed by atoms with Crippen molar-refractivity contribution >= 4 is 65.7 Å². The van der Waals surface area contributed by atoms with Crippen molar-refractivity contribution in [2.24, 2.45) is 143 Å². The maximum Gasteiger partial charge on any atom is 0.327 e. The van der Waals surface area contributed by atoms with Crippen LogP contribution in [-0.2, 0) is 114 Å². The maximum absolute atomic E-state index is 12.7. The maximum atomic E-state index is 12.7. The molecule has 5 aliphatic heterocycles. The van der Waals surface area contributed by atoms with Gasteiger partial charge in [-0.15, -0.1) is 0 Å². The van der Waals surface area contributed by atoms with E-state index in [1.165, 1.54) is 64.2 Å². The van der Waals surface area contributed by atoms with Crippen molar-refractivity contribution in [3.8, 4) is 6.07 Å². The molecule has 0 aromatic carbocycles. The second-order valence-electron chi connectivity index (χ2n) is 56.2. The number of hydrogen-bond donors (Lipinski definition) is 3. The Hall–Kier alpha value is -6.54. The van der Waals surface area contributed by atoms with Crippen molar-refractivity contribution in [1.82, 2.24) is 0 Å². The number of carbonyl (C=O) groups excluding carboxylic acids is 11. The number of nitriles is 1. The largest absolute Gasteiger partial charge is 0.460 e. The summed E-state index contributed by atoms with van der Waals surface area (Å²) in [6, 6.07) is 2.13. The van der Waals surface area contributed by atoms with Crippen LogP contribution in [0.15, 0.2) is 0 Å². The smallest absolute Gasteiger partial charge is 0.327 e. The number of carbonyl (C=O) groups is 11. The lowest BCUT2D eigenvalue weighted by atomic mass is 9.52. The lowest BCUT2D eigenvalue weighted by molar-refractivity contribution is -0.226. The summed E-state index contributed by atoms with van der Waals surface area (Å²) in [4.78, 5) is 133. The van der Waals surface area contributed by atoms with Crippen molar-refractivity contribution in [2.45, 2.75) is 545 Å². The Morgan fingerprint density at radius 1 is 0.380 bits per heavy atom. The molecule has 3 N–H and O–H groups in total. The number of esters is 11. The lowest BCUT2D eigenvalue weighted by Gasteiger charge is -2.59. The molecule has 23 rings (SSSR count). The second kappa shape index (κ2) is 44.4. The summed E-state index contributed by atoms with van der Waals surface area (Å²) in [6.07, 6.45) is 36.1. The first-order chi connectivity index (χ1) is 70.0. The zero-order valence-corrected chi connectivity index (χ0v) is 96.7. The Morgan fingerprint density at radius 2 is 0.780 bits per heavy atom. The molecule has 848 valence electrons. The standard InChI is InChI=1S/C20H32O2.C17H23NO6.2C16H26O3.C14H20O4.C13H18O5.2C13H24O2/c1-5-19(3,4)18(21)22-20(6-2)11-14-10-15(20)17-13-8-7-12(9-13)16(14)17;1-4-16(2,3)14(20)22-7-11(19)23-12-9-5-10-13(12)24-15(21)17(10,6-9)8-18;2*1-4-14(2,3)13(17)19-16-8-11-5-12(9-16)7-15(18,6-11)10-16;1-4-14(2,3)13(16)18-10-7-5-8-9(6-7)12(15)17-11(8)10;1-4-13(2,3)12(15)18-9-7-5-6-8(16-7)10(9)17-11(6)14;2*1-5-12(3,4)11(14)15-13(6-2)9-7-8-10-13/h12-17H,5-11H2,1-4H3;9-13,19H,4-7H2,1-3H3;2*11-12,18H,4-10H2,1-3H3;7-11H,4-6H2,1-3H3;6-10H,4-5H2,1-3H3;2*5-10H2,1-4H3. The first-order valence-electron chi connectivity index (χ1n) is 59.2. The number of nitrogens with zero attached hydrogens (tertiary/aromatic N) is 1. The molecule has 0 radical (unpaired) electrons. The van der Waals surface area contributed by atoms with Gasteiger partial charge in [0, 0.05) is 36.5 Å². The number of hydrogen-bond acceptors (Lipinski definition) is 28. The van der Waals surface area contributed by atoms with E-state index in [1.54, 1.807) is 13.8 Å². The van der Waals surface area contributed by atoms with Gasteiger partial charge in [0.15, 0.2) is 23.9 Å². The van der Waals surface area contributed by atoms with E-state index in [-0.39, 0.29) is 153 Å². The molecule has 23 aliphatic rings. The molecule has 23 fully saturated rings. The molecule has 0 amide bonds. The average Bonchev–Trinajstić information content (AvgIpc) is 1.53. The van der Waals surface area contributed by atoms with Gasteiger partial charge >= 0.3 is 65.7 Å². The summed E-state index contributed by atoms with van der Waals surface area (Å²) in [5.74, 6) is 6.26. The van der Waals surface area contributed by atoms with Gasteiger partial charge in [-0.2, -0.15) is 5.26 Å². The molecule has 28 nitrogen and oxygen atoms in total. The lowest BCUT2D eigenvalue weighted by Crippen LogP contribution is -2.61. The van der Waals surface area contributed by atoms with Crippen LogP contribution in [0.5, 0.6) is 0 Å². The van der Waals surface area contributed by atoms with E-state index in [0.29, 0.717) is 86.4 Å². The first-order valence-corrected chi connectivity index (χ1v) is 59.2. The van der Waals surface area contributed by atoms with Crippen LogP contribution < -0.4 is 0 Å². The van der Waals surface area contributed by atoms with E-state index in [1.807, 2.05) is 145 Å². The normalized spacial score (nSPS) is 38.4. The Balaban J connectivity index is 0.000000136. The Morgan fingerprint density at radius 3 is 1.21 bits per heavy atom. The van der Waals surface area contributed by atoms with E-state index >= 15 is 0 Å². The van der Waals surface area contributed by atoms with Gasteiger partial charge in [0.1, 0.15) is 65.1 Å². The highest BCUT2D eigenvalue weighted by Crippen LogP contribution is 2.72. The second-order valence-corrected chi connectivity index (χ2v) is 56.2. The summed E-state index contributed by atoms with van der Waals surface area (Å²) in [6.45, 7) is 53.0. The van der Waals surface area contributed by atoms with Gasteiger partial charge in [-0.3, -0.25) is 52.7 Å². The van der Waals surface area contributed by atoms with Crippen LogP contribution >= 0.6 is 0 Å². The molecule has 18 saturated carbocycles. The Bertz CT molecular complexity index is 4670. The predicted octanol–water partition coefficient (Wildman–Crippen LogP) is 22.4. The monoisotopic (exact) mass is 2100 g/mol. The van der Waals surface area contributed by atoms with Gasteiger partial charge in [0.25, 0.3) is 0 Å². The fourth-order valence-corrected chi connectivity index (χ4v) is 30.6. The van der Waals surface area contributed by atoms with Crippen LogP contribution in [0.3, 0.4) is 0 Å². The molecule has 27 atom stereocenters.